The van der Waals surface area contributed by atoms with Crippen LogP contribution in [0, 0.1) is 0 Å². The van der Waals surface area contributed by atoms with E-state index in [1.807, 2.05) is 35.4 Å². The first-order valence-corrected chi connectivity index (χ1v) is 6.44. The topological polar surface area (TPSA) is 42.7 Å². The van der Waals surface area contributed by atoms with Gasteiger partial charge in [-0.1, -0.05) is 6.92 Å². The molecule has 2 rings (SSSR count). The summed E-state index contributed by atoms with van der Waals surface area (Å²) in [5.74, 6) is 0. The van der Waals surface area contributed by atoms with Gasteiger partial charge >= 0.3 is 0 Å². The van der Waals surface area contributed by atoms with Crippen LogP contribution in [0.4, 0.5) is 0 Å². The lowest BCUT2D eigenvalue weighted by molar-refractivity contribution is 0.571. The molecular weight excluding hydrogens is 224 g/mol. The summed E-state index contributed by atoms with van der Waals surface area (Å²) in [7, 11) is 0. The van der Waals surface area contributed by atoms with Gasteiger partial charge in [0.05, 0.1) is 6.20 Å². The number of nitrogens with one attached hydrogen (secondary N) is 1. The Hall–Kier alpha value is -1.68. The van der Waals surface area contributed by atoms with Crippen molar-refractivity contribution in [3.05, 3.63) is 48.0 Å². The molecule has 1 unspecified atom stereocenters. The van der Waals surface area contributed by atoms with Crippen molar-refractivity contribution >= 4 is 0 Å². The molecule has 0 aromatic carbocycles. The van der Waals surface area contributed by atoms with Crippen molar-refractivity contribution in [1.29, 1.82) is 0 Å². The van der Waals surface area contributed by atoms with Gasteiger partial charge in [0.15, 0.2) is 0 Å². The molecule has 0 radical (unpaired) electrons. The van der Waals surface area contributed by atoms with Crippen LogP contribution in [0.1, 0.15) is 37.4 Å². The molecule has 2 heterocycles. The lowest BCUT2D eigenvalue weighted by atomic mass is 10.1. The van der Waals surface area contributed by atoms with Gasteiger partial charge in [-0.2, -0.15) is 5.10 Å². The number of hydrogen-bond acceptors (Lipinski definition) is 3. The monoisotopic (exact) mass is 244 g/mol. The number of aromatic nitrogens is 3. The summed E-state index contributed by atoms with van der Waals surface area (Å²) in [5.41, 5.74) is 2.48. The first-order chi connectivity index (χ1) is 8.79. The molecule has 4 nitrogen and oxygen atoms in total. The van der Waals surface area contributed by atoms with Crippen molar-refractivity contribution in [3.8, 4) is 0 Å². The van der Waals surface area contributed by atoms with E-state index in [9.17, 15) is 0 Å². The van der Waals surface area contributed by atoms with Crippen molar-refractivity contribution in [3.63, 3.8) is 0 Å². The van der Waals surface area contributed by atoms with E-state index in [-0.39, 0.29) is 0 Å². The molecule has 1 N–H and O–H groups in total. The minimum atomic E-state index is 0.322. The molecule has 0 amide bonds. The van der Waals surface area contributed by atoms with Gasteiger partial charge in [-0.25, -0.2) is 0 Å². The Kier molecular flexibility index (Phi) is 4.47. The Balaban J connectivity index is 1.87. The summed E-state index contributed by atoms with van der Waals surface area (Å²) in [5, 5.41) is 7.81. The minimum Gasteiger partial charge on any atom is -0.306 e. The van der Waals surface area contributed by atoms with E-state index in [0.717, 1.165) is 19.5 Å². The maximum atomic E-state index is 4.32. The Labute approximate surface area is 108 Å². The number of nitrogens with zero attached hydrogens (tertiary/aromatic N) is 3. The first-order valence-electron chi connectivity index (χ1n) is 6.44. The fourth-order valence-electron chi connectivity index (χ4n) is 1.89. The van der Waals surface area contributed by atoms with Crippen LogP contribution in [0.2, 0.25) is 0 Å². The molecule has 2 aromatic heterocycles. The van der Waals surface area contributed by atoms with Gasteiger partial charge in [0.25, 0.3) is 0 Å². The fraction of sp³-hybridized carbons (Fsp3) is 0.429. The molecular formula is C14H20N4. The van der Waals surface area contributed by atoms with Crippen molar-refractivity contribution in [2.45, 2.75) is 39.4 Å². The molecule has 2 aromatic rings. The average molecular weight is 244 g/mol. The Morgan fingerprint density at radius 2 is 2.11 bits per heavy atom. The van der Waals surface area contributed by atoms with Gasteiger partial charge in [-0.15, -0.1) is 0 Å². The molecule has 0 fully saturated rings. The van der Waals surface area contributed by atoms with Gasteiger partial charge in [-0.05, 0) is 31.0 Å². The third-order valence-corrected chi connectivity index (χ3v) is 2.96. The van der Waals surface area contributed by atoms with E-state index < -0.39 is 0 Å². The van der Waals surface area contributed by atoms with Crippen molar-refractivity contribution in [2.24, 2.45) is 0 Å². The summed E-state index contributed by atoms with van der Waals surface area (Å²) in [6, 6.07) is 4.40. The quantitative estimate of drug-likeness (QED) is 0.849. The van der Waals surface area contributed by atoms with Crippen LogP contribution in [0.3, 0.4) is 0 Å². The van der Waals surface area contributed by atoms with Gasteiger partial charge in [0.1, 0.15) is 0 Å². The normalized spacial score (nSPS) is 12.6. The van der Waals surface area contributed by atoms with E-state index in [1.165, 1.54) is 11.1 Å². The summed E-state index contributed by atoms with van der Waals surface area (Å²) >= 11 is 0. The molecule has 4 heteroatoms. The highest BCUT2D eigenvalue weighted by atomic mass is 15.3. The molecule has 0 aliphatic rings. The van der Waals surface area contributed by atoms with E-state index in [0.29, 0.717) is 6.04 Å². The van der Waals surface area contributed by atoms with Crippen LogP contribution in [0.15, 0.2) is 36.9 Å². The molecule has 0 saturated heterocycles. The van der Waals surface area contributed by atoms with Crippen molar-refractivity contribution in [1.82, 2.24) is 20.1 Å². The smallest absolute Gasteiger partial charge is 0.0534 e. The maximum absolute atomic E-state index is 4.32. The van der Waals surface area contributed by atoms with Gasteiger partial charge < -0.3 is 5.32 Å². The van der Waals surface area contributed by atoms with Crippen LogP contribution < -0.4 is 5.32 Å². The molecule has 18 heavy (non-hydrogen) atoms. The summed E-state index contributed by atoms with van der Waals surface area (Å²) < 4.78 is 1.99. The largest absolute Gasteiger partial charge is 0.306 e. The average Bonchev–Trinajstić information content (AvgIpc) is 2.85. The summed E-state index contributed by atoms with van der Waals surface area (Å²) in [6.45, 7) is 6.14. The zero-order chi connectivity index (χ0) is 12.8. The molecule has 96 valence electrons. The van der Waals surface area contributed by atoms with E-state index >= 15 is 0 Å². The zero-order valence-electron chi connectivity index (χ0n) is 11.0. The molecule has 1 atom stereocenters. The third kappa shape index (κ3) is 3.40. The number of aryl methyl sites for hydroxylation is 1. The van der Waals surface area contributed by atoms with E-state index in [2.05, 4.69) is 35.4 Å². The predicted octanol–water partition coefficient (Wildman–Crippen LogP) is 2.54. The third-order valence-electron chi connectivity index (χ3n) is 2.96. The van der Waals surface area contributed by atoms with E-state index in [4.69, 9.17) is 0 Å². The Morgan fingerprint density at radius 3 is 2.83 bits per heavy atom. The standard InChI is InChI=1S/C14H20N4/c1-3-8-18-11-13(10-17-18)9-16-12(2)14-4-6-15-7-5-14/h4-7,10-12,16H,3,8-9H2,1-2H3. The predicted molar refractivity (Wildman–Crippen MR) is 72.0 cm³/mol. The summed E-state index contributed by atoms with van der Waals surface area (Å²) in [6.07, 6.45) is 8.80. The van der Waals surface area contributed by atoms with Crippen molar-refractivity contribution in [2.75, 3.05) is 0 Å². The molecule has 0 saturated carbocycles. The molecule has 0 spiro atoms. The van der Waals surface area contributed by atoms with Gasteiger partial charge in [0.2, 0.25) is 0 Å². The molecule has 0 aliphatic carbocycles. The van der Waals surface area contributed by atoms with Crippen LogP contribution >= 0.6 is 0 Å². The van der Waals surface area contributed by atoms with Gasteiger partial charge in [-0.3, -0.25) is 9.67 Å². The highest BCUT2D eigenvalue weighted by molar-refractivity contribution is 5.14. The van der Waals surface area contributed by atoms with Crippen LogP contribution in [0.25, 0.3) is 0 Å². The summed E-state index contributed by atoms with van der Waals surface area (Å²) in [4.78, 5) is 4.03. The SMILES string of the molecule is CCCn1cc(CNC(C)c2ccncc2)cn1. The van der Waals surface area contributed by atoms with Crippen molar-refractivity contribution < 1.29 is 0 Å². The lowest BCUT2D eigenvalue weighted by Crippen LogP contribution is -2.17. The van der Waals surface area contributed by atoms with Crippen LogP contribution in [-0.4, -0.2) is 14.8 Å². The Morgan fingerprint density at radius 1 is 1.33 bits per heavy atom. The zero-order valence-corrected chi connectivity index (χ0v) is 11.0. The fourth-order valence-corrected chi connectivity index (χ4v) is 1.89. The highest BCUT2D eigenvalue weighted by Crippen LogP contribution is 2.11. The second-order valence-electron chi connectivity index (χ2n) is 4.49. The highest BCUT2D eigenvalue weighted by Gasteiger charge is 2.05. The number of pyridine rings is 1. The number of rotatable bonds is 6. The van der Waals surface area contributed by atoms with Gasteiger partial charge in [0, 0.05) is 43.3 Å². The van der Waals surface area contributed by atoms with E-state index in [1.54, 1.807) is 0 Å². The maximum Gasteiger partial charge on any atom is 0.0534 e. The minimum absolute atomic E-state index is 0.322. The number of hydrogen-bond donors (Lipinski definition) is 1. The first kappa shape index (κ1) is 12.8. The van der Waals surface area contributed by atoms with Crippen LogP contribution in [0.5, 0.6) is 0 Å². The molecule has 0 bridgehead atoms. The van der Waals surface area contributed by atoms with Crippen LogP contribution in [-0.2, 0) is 13.1 Å². The second-order valence-corrected chi connectivity index (χ2v) is 4.49. The molecule has 0 aliphatic heterocycles. The second kappa shape index (κ2) is 6.31. The lowest BCUT2D eigenvalue weighted by Gasteiger charge is -2.12. The Bertz CT molecular complexity index is 464.